The highest BCUT2D eigenvalue weighted by molar-refractivity contribution is 7.99. The molecule has 0 saturated carbocycles. The lowest BCUT2D eigenvalue weighted by molar-refractivity contribution is -0.129. The molecule has 11 nitrogen and oxygen atoms in total. The summed E-state index contributed by atoms with van der Waals surface area (Å²) in [4.78, 5) is 22.4. The minimum absolute atomic E-state index is 0.109. The van der Waals surface area contributed by atoms with E-state index in [9.17, 15) is 27.7 Å². The van der Waals surface area contributed by atoms with E-state index in [0.717, 1.165) is 24.6 Å². The van der Waals surface area contributed by atoms with Crippen molar-refractivity contribution in [1.29, 1.82) is 0 Å². The lowest BCUT2D eigenvalue weighted by Crippen LogP contribution is -2.26. The Kier molecular flexibility index (Phi) is 9.48. The number of nitrogens with one attached hydrogen (secondary N) is 1. The van der Waals surface area contributed by atoms with Crippen LogP contribution in [0.4, 0.5) is 19.0 Å². The zero-order chi connectivity index (χ0) is 24.9. The molecule has 192 valence electrons. The summed E-state index contributed by atoms with van der Waals surface area (Å²) in [6.45, 7) is 0.173. The van der Waals surface area contributed by atoms with E-state index < -0.39 is 38.9 Å². The number of anilines is 1. The van der Waals surface area contributed by atoms with E-state index in [0.29, 0.717) is 23.5 Å². The van der Waals surface area contributed by atoms with E-state index in [4.69, 9.17) is 9.26 Å². The van der Waals surface area contributed by atoms with Gasteiger partial charge in [0.15, 0.2) is 22.1 Å². The number of halogens is 3. The summed E-state index contributed by atoms with van der Waals surface area (Å²) >= 11 is 2.49. The number of rotatable bonds is 12. The Morgan fingerprint density at radius 3 is 2.82 bits per heavy atom. The molecule has 1 unspecified atom stereocenters. The average Bonchev–Trinajstić information content (AvgIpc) is 3.35. The van der Waals surface area contributed by atoms with Gasteiger partial charge < -0.3 is 20.1 Å². The molecule has 4 atom stereocenters. The van der Waals surface area contributed by atoms with Gasteiger partial charge in [-0.1, -0.05) is 11.8 Å². The molecule has 3 heterocycles. The first-order valence-electron chi connectivity index (χ1n) is 10.1. The Hall–Kier alpha value is -1.13. The van der Waals surface area contributed by atoms with Gasteiger partial charge in [0.25, 0.3) is 0 Å². The molecule has 1 saturated heterocycles. The molecular weight excluding hydrogens is 522 g/mol. The monoisotopic (exact) mass is 547 g/mol. The Balaban J connectivity index is 1.82. The van der Waals surface area contributed by atoms with Gasteiger partial charge in [-0.3, -0.25) is 13.6 Å². The van der Waals surface area contributed by atoms with Crippen molar-refractivity contribution >= 4 is 48.3 Å². The second-order valence-electron chi connectivity index (χ2n) is 7.19. The summed E-state index contributed by atoms with van der Waals surface area (Å²) < 4.78 is 65.7. The van der Waals surface area contributed by atoms with Crippen LogP contribution >= 0.6 is 31.3 Å². The average molecular weight is 548 g/mol. The Morgan fingerprint density at radius 2 is 2.15 bits per heavy atom. The molecule has 0 amide bonds. The molecule has 2 aromatic heterocycles. The van der Waals surface area contributed by atoms with Crippen LogP contribution in [0.1, 0.15) is 19.1 Å². The molecule has 1 aliphatic heterocycles. The Morgan fingerprint density at radius 1 is 1.38 bits per heavy atom. The Bertz CT molecular complexity index is 1020. The highest BCUT2D eigenvalue weighted by Gasteiger charge is 2.38. The minimum Gasteiger partial charge on any atom is -0.390 e. The third kappa shape index (κ3) is 7.43. The van der Waals surface area contributed by atoms with Crippen LogP contribution < -0.4 is 5.32 Å². The molecule has 0 spiro atoms. The van der Waals surface area contributed by atoms with Crippen LogP contribution in [0.2, 0.25) is 0 Å². The zero-order valence-corrected chi connectivity index (χ0v) is 20.8. The first kappa shape index (κ1) is 27.5. The number of ether oxygens (including phenoxy) is 1. The molecule has 1 aliphatic rings. The molecule has 0 aliphatic carbocycles. The second kappa shape index (κ2) is 11.7. The van der Waals surface area contributed by atoms with E-state index in [1.807, 2.05) is 6.26 Å². The summed E-state index contributed by atoms with van der Waals surface area (Å²) in [7, 11) is -3.23. The first-order valence-corrected chi connectivity index (χ1v) is 13.9. The van der Waals surface area contributed by atoms with Crippen molar-refractivity contribution in [3.63, 3.8) is 0 Å². The SMILES string of the molecule is COP(=O)(O)OC[C@H]1O[C@@H](n2cnc3c(NCCSC)nc(SCCC(F)(F)F)nc32)C[C@@H]1O. The first-order chi connectivity index (χ1) is 16.0. The summed E-state index contributed by atoms with van der Waals surface area (Å²) in [5.74, 6) is 0.914. The van der Waals surface area contributed by atoms with Crippen LogP contribution in [0, 0.1) is 0 Å². The quantitative estimate of drug-likeness (QED) is 0.156. The van der Waals surface area contributed by atoms with Gasteiger partial charge in [0.1, 0.15) is 12.3 Å². The van der Waals surface area contributed by atoms with E-state index in [-0.39, 0.29) is 23.9 Å². The highest BCUT2D eigenvalue weighted by Crippen LogP contribution is 2.43. The lowest BCUT2D eigenvalue weighted by atomic mass is 10.2. The zero-order valence-electron chi connectivity index (χ0n) is 18.3. The van der Waals surface area contributed by atoms with E-state index >= 15 is 0 Å². The summed E-state index contributed by atoms with van der Waals surface area (Å²) in [6.07, 6.45) is -4.45. The van der Waals surface area contributed by atoms with Crippen molar-refractivity contribution in [3.05, 3.63) is 6.33 Å². The molecule has 2 aromatic rings. The molecule has 1 fully saturated rings. The number of alkyl halides is 3. The molecule has 0 radical (unpaired) electrons. The maximum absolute atomic E-state index is 12.6. The number of phosphoric acid groups is 1. The van der Waals surface area contributed by atoms with Gasteiger partial charge in [0.2, 0.25) is 0 Å². The van der Waals surface area contributed by atoms with Gasteiger partial charge in [0.05, 0.1) is 25.5 Å². The number of fused-ring (bicyclic) bond motifs is 1. The number of aromatic nitrogens is 4. The van der Waals surface area contributed by atoms with Gasteiger partial charge in [0, 0.05) is 31.6 Å². The van der Waals surface area contributed by atoms with Crippen molar-refractivity contribution in [1.82, 2.24) is 19.5 Å². The third-order valence-corrected chi connectivity index (χ3v) is 7.16. The number of aliphatic hydroxyl groups excluding tert-OH is 1. The van der Waals surface area contributed by atoms with Crippen molar-refractivity contribution in [2.45, 2.75) is 42.6 Å². The van der Waals surface area contributed by atoms with E-state index in [1.54, 1.807) is 16.3 Å². The van der Waals surface area contributed by atoms with Gasteiger partial charge in [-0.2, -0.15) is 24.9 Å². The number of hydrogen-bond acceptors (Lipinski definition) is 11. The Labute approximate surface area is 201 Å². The van der Waals surface area contributed by atoms with Gasteiger partial charge in [-0.05, 0) is 6.26 Å². The summed E-state index contributed by atoms with van der Waals surface area (Å²) in [5, 5.41) is 13.6. The number of nitrogens with zero attached hydrogens (tertiary/aromatic N) is 4. The second-order valence-corrected chi connectivity index (χ2v) is 10.8. The molecule has 3 rings (SSSR count). The summed E-state index contributed by atoms with van der Waals surface area (Å²) in [5.41, 5.74) is 0.720. The van der Waals surface area contributed by atoms with Gasteiger partial charge in [-0.25, -0.2) is 19.5 Å². The maximum Gasteiger partial charge on any atom is 0.472 e. The highest BCUT2D eigenvalue weighted by atomic mass is 32.2. The largest absolute Gasteiger partial charge is 0.472 e. The fraction of sp³-hybridized carbons (Fsp3) is 0.706. The maximum atomic E-state index is 12.6. The molecule has 0 bridgehead atoms. The smallest absolute Gasteiger partial charge is 0.390 e. The molecule has 0 aromatic carbocycles. The van der Waals surface area contributed by atoms with E-state index in [1.165, 1.54) is 6.33 Å². The van der Waals surface area contributed by atoms with Crippen molar-refractivity contribution in [3.8, 4) is 0 Å². The van der Waals surface area contributed by atoms with Crippen LogP contribution in [-0.4, -0.2) is 85.9 Å². The third-order valence-electron chi connectivity index (χ3n) is 4.76. The number of hydrogen-bond donors (Lipinski definition) is 3. The van der Waals surface area contributed by atoms with E-state index in [2.05, 4.69) is 24.8 Å². The number of aliphatic hydroxyl groups is 1. The predicted octanol–water partition coefficient (Wildman–Crippen LogP) is 3.06. The fourth-order valence-corrected chi connectivity index (χ4v) is 4.65. The molecular formula is C17H25F3N5O6PS2. The normalized spacial score (nSPS) is 22.9. The van der Waals surface area contributed by atoms with Crippen molar-refractivity contribution in [2.24, 2.45) is 0 Å². The number of imidazole rings is 1. The van der Waals surface area contributed by atoms with Crippen LogP contribution in [0.5, 0.6) is 0 Å². The van der Waals surface area contributed by atoms with Crippen molar-refractivity contribution in [2.75, 3.05) is 43.3 Å². The van der Waals surface area contributed by atoms with Crippen LogP contribution in [0.25, 0.3) is 11.2 Å². The van der Waals surface area contributed by atoms with Gasteiger partial charge in [-0.15, -0.1) is 0 Å². The predicted molar refractivity (Wildman–Crippen MR) is 121 cm³/mol. The topological polar surface area (TPSA) is 141 Å². The minimum atomic E-state index is -4.29. The summed E-state index contributed by atoms with van der Waals surface area (Å²) in [6, 6.07) is 0. The lowest BCUT2D eigenvalue weighted by Gasteiger charge is -2.17. The fourth-order valence-electron chi connectivity index (χ4n) is 3.08. The van der Waals surface area contributed by atoms with Gasteiger partial charge >= 0.3 is 14.0 Å². The van der Waals surface area contributed by atoms with Crippen molar-refractivity contribution < 1.29 is 41.5 Å². The molecule has 3 N–H and O–H groups in total. The van der Waals surface area contributed by atoms with Crippen LogP contribution in [0.15, 0.2) is 11.5 Å². The van der Waals surface area contributed by atoms with Crippen LogP contribution in [-0.2, 0) is 18.3 Å². The number of phosphoric ester groups is 1. The molecule has 34 heavy (non-hydrogen) atoms. The number of thioether (sulfide) groups is 2. The standard InChI is InChI=1S/C17H25F3N5O6PS2/c1-29-32(27,28)30-8-11-10(26)7-12(31-11)25-9-22-13-14(21-4-6-33-2)23-16(24-15(13)25)34-5-3-17(18,19)20/h9-12,26H,3-8H2,1-2H3,(H,27,28)(H,21,23,24)/t10-,11+,12+/m0/s1. The van der Waals surface area contributed by atoms with Crippen LogP contribution in [0.3, 0.4) is 0 Å². The molecule has 17 heteroatoms.